The normalized spacial score (nSPS) is 10.3. The highest BCUT2D eigenvalue weighted by atomic mass is 16.4. The molecule has 2 aromatic rings. The van der Waals surface area contributed by atoms with Gasteiger partial charge in [-0.25, -0.2) is 0 Å². The van der Waals surface area contributed by atoms with Gasteiger partial charge in [0.15, 0.2) is 0 Å². The van der Waals surface area contributed by atoms with Crippen molar-refractivity contribution in [2.45, 2.75) is 0 Å². The summed E-state index contributed by atoms with van der Waals surface area (Å²) in [6.45, 7) is 0. The molecule has 5 heteroatoms. The molecule has 0 fully saturated rings. The summed E-state index contributed by atoms with van der Waals surface area (Å²) in [4.78, 5) is 0. The van der Waals surface area contributed by atoms with Crippen molar-refractivity contribution in [3.8, 4) is 5.88 Å². The van der Waals surface area contributed by atoms with Gasteiger partial charge < -0.3 is 14.5 Å². The maximum absolute atomic E-state index is 8.79. The topological polar surface area (TPSA) is 58.5 Å². The Morgan fingerprint density at radius 2 is 1.85 bits per heavy atom. The zero-order valence-electron chi connectivity index (χ0n) is 6.79. The molecule has 0 atom stereocenters. The molecule has 0 aliphatic heterocycles. The minimum absolute atomic E-state index is 0.142. The first kappa shape index (κ1) is 8.16. The van der Waals surface area contributed by atoms with Gasteiger partial charge in [0.25, 0.3) is 0 Å². The zero-order valence-corrected chi connectivity index (χ0v) is 6.79. The van der Waals surface area contributed by atoms with Gasteiger partial charge in [-0.3, -0.25) is 4.57 Å². The van der Waals surface area contributed by atoms with Crippen molar-refractivity contribution >= 4 is 12.8 Å². The smallest absolute Gasteiger partial charge is 0.448 e. The monoisotopic (exact) mass is 177 g/mol. The van der Waals surface area contributed by atoms with E-state index in [1.54, 1.807) is 10.6 Å². The second-order valence-electron chi connectivity index (χ2n) is 2.64. The molecule has 13 heavy (non-hydrogen) atoms. The maximum atomic E-state index is 8.79. The summed E-state index contributed by atoms with van der Waals surface area (Å²) in [5.41, 5.74) is 0.142. The Morgan fingerprint density at radius 3 is 2.38 bits per heavy atom. The first-order chi connectivity index (χ1) is 6.27. The van der Waals surface area contributed by atoms with Crippen molar-refractivity contribution in [1.82, 2.24) is 4.57 Å². The van der Waals surface area contributed by atoms with Crippen LogP contribution in [-0.2, 0) is 0 Å². The molecule has 0 saturated carbocycles. The van der Waals surface area contributed by atoms with Crippen molar-refractivity contribution in [3.05, 3.63) is 36.7 Å². The molecule has 0 radical (unpaired) electrons. The third-order valence-corrected chi connectivity index (χ3v) is 1.73. The Kier molecular flexibility index (Phi) is 1.96. The molecule has 2 heterocycles. The lowest BCUT2D eigenvalue weighted by molar-refractivity contribution is 0.408. The Labute approximate surface area is 75.2 Å². The Morgan fingerprint density at radius 1 is 1.15 bits per heavy atom. The van der Waals surface area contributed by atoms with Crippen LogP contribution in [0.15, 0.2) is 41.1 Å². The molecule has 0 saturated heterocycles. The largest absolute Gasteiger partial charge is 0.526 e. The summed E-state index contributed by atoms with van der Waals surface area (Å²) in [5.74, 6) is 0.563. The number of rotatable bonds is 2. The molecule has 2 N–H and O–H groups in total. The highest BCUT2D eigenvalue weighted by molar-refractivity contribution is 6.57. The van der Waals surface area contributed by atoms with Crippen LogP contribution in [0.3, 0.4) is 0 Å². The van der Waals surface area contributed by atoms with E-state index in [1.807, 2.05) is 24.5 Å². The molecule has 0 aliphatic carbocycles. The number of hydrogen-bond acceptors (Lipinski definition) is 3. The first-order valence-corrected chi connectivity index (χ1v) is 3.86. The van der Waals surface area contributed by atoms with E-state index in [0.717, 1.165) is 0 Å². The predicted octanol–water partition coefficient (Wildman–Crippen LogP) is -0.250. The second-order valence-corrected chi connectivity index (χ2v) is 2.64. The number of hydrogen-bond donors (Lipinski definition) is 2. The fraction of sp³-hybridized carbons (Fsp3) is 0. The van der Waals surface area contributed by atoms with Crippen molar-refractivity contribution < 1.29 is 14.5 Å². The highest BCUT2D eigenvalue weighted by Crippen LogP contribution is 2.06. The lowest BCUT2D eigenvalue weighted by atomic mass is 9.88. The predicted molar refractivity (Wildman–Crippen MR) is 47.9 cm³/mol. The molecule has 0 spiro atoms. The van der Waals surface area contributed by atoms with Gasteiger partial charge in [0.2, 0.25) is 5.88 Å². The van der Waals surface area contributed by atoms with Crippen LogP contribution >= 0.6 is 0 Å². The van der Waals surface area contributed by atoms with E-state index >= 15 is 0 Å². The van der Waals surface area contributed by atoms with Crippen LogP contribution in [0, 0.1) is 0 Å². The molecular formula is C8H8BNO3. The van der Waals surface area contributed by atoms with Gasteiger partial charge >= 0.3 is 7.12 Å². The minimum Gasteiger partial charge on any atom is -0.448 e. The second kappa shape index (κ2) is 3.12. The fourth-order valence-electron chi connectivity index (χ4n) is 1.10. The third kappa shape index (κ3) is 1.51. The lowest BCUT2D eigenvalue weighted by Gasteiger charge is -1.96. The van der Waals surface area contributed by atoms with Gasteiger partial charge in [-0.15, -0.1) is 0 Å². The summed E-state index contributed by atoms with van der Waals surface area (Å²) in [6.07, 6.45) is 3.62. The van der Waals surface area contributed by atoms with E-state index in [1.165, 1.54) is 6.07 Å². The van der Waals surface area contributed by atoms with Gasteiger partial charge in [0.1, 0.15) is 5.66 Å². The van der Waals surface area contributed by atoms with Gasteiger partial charge in [0, 0.05) is 18.5 Å². The average Bonchev–Trinajstić information content (AvgIpc) is 2.75. The molecule has 66 valence electrons. The molecule has 0 amide bonds. The Bertz CT molecular complexity index is 380. The van der Waals surface area contributed by atoms with Gasteiger partial charge in [-0.2, -0.15) is 0 Å². The van der Waals surface area contributed by atoms with Crippen LogP contribution in [0.5, 0.6) is 0 Å². The van der Waals surface area contributed by atoms with Crippen molar-refractivity contribution in [2.75, 3.05) is 0 Å². The standard InChI is InChI=1S/C8H8BNO3/c11-9(12)7-3-4-8(13-7)10-5-1-2-6-10/h1-6,11-12H. The number of nitrogens with zero attached hydrogens (tertiary/aromatic N) is 1. The Hall–Kier alpha value is -1.46. The van der Waals surface area contributed by atoms with E-state index in [2.05, 4.69) is 0 Å². The maximum Gasteiger partial charge on any atom is 0.526 e. The van der Waals surface area contributed by atoms with E-state index in [0.29, 0.717) is 5.88 Å². The quantitative estimate of drug-likeness (QED) is 0.621. The molecule has 2 aromatic heterocycles. The molecule has 0 unspecified atom stereocenters. The summed E-state index contributed by atoms with van der Waals surface area (Å²) in [6, 6.07) is 6.92. The van der Waals surface area contributed by atoms with Crippen LogP contribution in [-0.4, -0.2) is 21.7 Å². The van der Waals surface area contributed by atoms with Gasteiger partial charge in [0.05, 0.1) is 0 Å². The van der Waals surface area contributed by atoms with E-state index in [-0.39, 0.29) is 5.66 Å². The summed E-state index contributed by atoms with van der Waals surface area (Å²) < 4.78 is 6.89. The molecular weight excluding hydrogens is 169 g/mol. The summed E-state index contributed by atoms with van der Waals surface area (Å²) >= 11 is 0. The Balaban J connectivity index is 2.33. The lowest BCUT2D eigenvalue weighted by Crippen LogP contribution is -2.28. The van der Waals surface area contributed by atoms with Crippen molar-refractivity contribution in [3.63, 3.8) is 0 Å². The van der Waals surface area contributed by atoms with Crippen LogP contribution in [0.1, 0.15) is 0 Å². The molecule has 0 aliphatic rings. The van der Waals surface area contributed by atoms with Gasteiger partial charge in [-0.05, 0) is 18.2 Å². The van der Waals surface area contributed by atoms with Crippen molar-refractivity contribution in [2.24, 2.45) is 0 Å². The molecule has 0 bridgehead atoms. The molecule has 4 nitrogen and oxygen atoms in total. The van der Waals surface area contributed by atoms with E-state index in [9.17, 15) is 0 Å². The number of aromatic nitrogens is 1. The molecule has 2 rings (SSSR count). The van der Waals surface area contributed by atoms with Crippen LogP contribution < -0.4 is 5.66 Å². The summed E-state index contributed by atoms with van der Waals surface area (Å²) in [5, 5.41) is 17.6. The van der Waals surface area contributed by atoms with Gasteiger partial charge in [-0.1, -0.05) is 0 Å². The van der Waals surface area contributed by atoms with E-state index in [4.69, 9.17) is 14.5 Å². The summed E-state index contributed by atoms with van der Waals surface area (Å²) in [7, 11) is -1.55. The van der Waals surface area contributed by atoms with Crippen LogP contribution in [0.25, 0.3) is 5.88 Å². The van der Waals surface area contributed by atoms with Crippen LogP contribution in [0.4, 0.5) is 0 Å². The SMILES string of the molecule is OB(O)c1ccc(-n2cccc2)o1. The highest BCUT2D eigenvalue weighted by Gasteiger charge is 2.16. The first-order valence-electron chi connectivity index (χ1n) is 3.86. The fourth-order valence-corrected chi connectivity index (χ4v) is 1.10. The van der Waals surface area contributed by atoms with Crippen molar-refractivity contribution in [1.29, 1.82) is 0 Å². The van der Waals surface area contributed by atoms with E-state index < -0.39 is 7.12 Å². The average molecular weight is 177 g/mol. The van der Waals surface area contributed by atoms with Crippen LogP contribution in [0.2, 0.25) is 0 Å². The molecule has 0 aromatic carbocycles. The zero-order chi connectivity index (χ0) is 9.26. The third-order valence-electron chi connectivity index (χ3n) is 1.73. The minimum atomic E-state index is -1.55. The number of furan rings is 1.